The van der Waals surface area contributed by atoms with E-state index in [9.17, 15) is 4.79 Å². The summed E-state index contributed by atoms with van der Waals surface area (Å²) in [7, 11) is 0. The van der Waals surface area contributed by atoms with Crippen LogP contribution in [0, 0.1) is 0 Å². The average Bonchev–Trinajstić information content (AvgIpc) is 2.14. The Morgan fingerprint density at radius 2 is 2.19 bits per heavy atom. The SMILES string of the molecule is CC(C)(C)OC(=O)NSc1ccc(Cl)nc1. The van der Waals surface area contributed by atoms with Gasteiger partial charge in [0.1, 0.15) is 10.8 Å². The summed E-state index contributed by atoms with van der Waals surface area (Å²) in [6.07, 6.45) is 1.09. The molecule has 4 nitrogen and oxygen atoms in total. The summed E-state index contributed by atoms with van der Waals surface area (Å²) < 4.78 is 7.61. The molecule has 0 aliphatic heterocycles. The van der Waals surface area contributed by atoms with Gasteiger partial charge in [-0.25, -0.2) is 9.78 Å². The third-order valence-electron chi connectivity index (χ3n) is 1.35. The van der Waals surface area contributed by atoms with Crippen molar-refractivity contribution in [3.63, 3.8) is 0 Å². The Kier molecular flexibility index (Phi) is 4.44. The predicted molar refractivity (Wildman–Crippen MR) is 64.5 cm³/mol. The van der Waals surface area contributed by atoms with Crippen LogP contribution in [-0.2, 0) is 4.74 Å². The number of hydrogen-bond donors (Lipinski definition) is 1. The van der Waals surface area contributed by atoms with E-state index < -0.39 is 11.7 Å². The van der Waals surface area contributed by atoms with Crippen LogP contribution in [0.1, 0.15) is 20.8 Å². The molecule has 1 aromatic heterocycles. The number of hydrogen-bond acceptors (Lipinski definition) is 4. The molecule has 1 heterocycles. The minimum atomic E-state index is -0.497. The normalized spacial score (nSPS) is 11.0. The lowest BCUT2D eigenvalue weighted by Crippen LogP contribution is -2.29. The van der Waals surface area contributed by atoms with E-state index in [2.05, 4.69) is 9.71 Å². The van der Waals surface area contributed by atoms with Crippen molar-refractivity contribution in [3.05, 3.63) is 23.5 Å². The minimum Gasteiger partial charge on any atom is -0.443 e. The lowest BCUT2D eigenvalue weighted by molar-refractivity contribution is 0.0574. The van der Waals surface area contributed by atoms with E-state index in [1.165, 1.54) is 0 Å². The van der Waals surface area contributed by atoms with Gasteiger partial charge in [0.2, 0.25) is 0 Å². The minimum absolute atomic E-state index is 0.418. The summed E-state index contributed by atoms with van der Waals surface area (Å²) in [6, 6.07) is 3.41. The van der Waals surface area contributed by atoms with E-state index in [4.69, 9.17) is 16.3 Å². The summed E-state index contributed by atoms with van der Waals surface area (Å²) in [5.74, 6) is 0. The highest BCUT2D eigenvalue weighted by molar-refractivity contribution is 7.98. The first-order valence-corrected chi connectivity index (χ1v) is 5.84. The standard InChI is InChI=1S/C10H13ClN2O2S/c1-10(2,3)15-9(14)13-16-7-4-5-8(11)12-6-7/h4-6H,1-3H3,(H,13,14). The molecule has 0 aliphatic rings. The van der Waals surface area contributed by atoms with Gasteiger partial charge < -0.3 is 4.74 Å². The van der Waals surface area contributed by atoms with E-state index in [0.717, 1.165) is 16.8 Å². The summed E-state index contributed by atoms with van der Waals surface area (Å²) >= 11 is 6.76. The maximum absolute atomic E-state index is 11.3. The maximum atomic E-state index is 11.3. The van der Waals surface area contributed by atoms with Gasteiger partial charge in [0, 0.05) is 11.1 Å². The van der Waals surface area contributed by atoms with E-state index >= 15 is 0 Å². The summed E-state index contributed by atoms with van der Waals surface area (Å²) in [4.78, 5) is 16.0. The second-order valence-electron chi connectivity index (χ2n) is 4.02. The van der Waals surface area contributed by atoms with Crippen LogP contribution in [0.4, 0.5) is 4.79 Å². The lowest BCUT2D eigenvalue weighted by Gasteiger charge is -2.19. The molecule has 0 radical (unpaired) electrons. The maximum Gasteiger partial charge on any atom is 0.418 e. The fourth-order valence-corrected chi connectivity index (χ4v) is 1.42. The molecule has 1 N–H and O–H groups in total. The molecule has 0 aliphatic carbocycles. The van der Waals surface area contributed by atoms with E-state index in [-0.39, 0.29) is 0 Å². The zero-order valence-electron chi connectivity index (χ0n) is 9.28. The monoisotopic (exact) mass is 260 g/mol. The van der Waals surface area contributed by atoms with Crippen LogP contribution in [0.5, 0.6) is 0 Å². The Morgan fingerprint density at radius 3 is 2.69 bits per heavy atom. The van der Waals surface area contributed by atoms with Crippen LogP contribution >= 0.6 is 23.5 Å². The lowest BCUT2D eigenvalue weighted by atomic mass is 10.2. The molecule has 1 aromatic rings. The molecule has 0 saturated carbocycles. The van der Waals surface area contributed by atoms with Crippen molar-refractivity contribution in [2.24, 2.45) is 0 Å². The second-order valence-corrected chi connectivity index (χ2v) is 5.29. The Bertz CT molecular complexity index is 362. The van der Waals surface area contributed by atoms with Crippen molar-refractivity contribution in [2.75, 3.05) is 0 Å². The Labute approximate surface area is 104 Å². The van der Waals surface area contributed by atoms with E-state index in [0.29, 0.717) is 5.15 Å². The highest BCUT2D eigenvalue weighted by atomic mass is 35.5. The van der Waals surface area contributed by atoms with Gasteiger partial charge in [-0.15, -0.1) is 0 Å². The van der Waals surface area contributed by atoms with Gasteiger partial charge in [-0.1, -0.05) is 11.6 Å². The molecule has 88 valence electrons. The quantitative estimate of drug-likeness (QED) is 0.655. The fourth-order valence-electron chi connectivity index (χ4n) is 0.822. The van der Waals surface area contributed by atoms with Gasteiger partial charge in [-0.3, -0.25) is 4.72 Å². The molecule has 0 spiro atoms. The fraction of sp³-hybridized carbons (Fsp3) is 0.400. The van der Waals surface area contributed by atoms with Crippen LogP contribution in [-0.4, -0.2) is 16.7 Å². The summed E-state index contributed by atoms with van der Waals surface area (Å²) in [5, 5.41) is 0.418. The molecule has 16 heavy (non-hydrogen) atoms. The number of nitrogens with zero attached hydrogens (tertiary/aromatic N) is 1. The first-order chi connectivity index (χ1) is 7.37. The largest absolute Gasteiger partial charge is 0.443 e. The molecular formula is C10H13ClN2O2S. The number of rotatable bonds is 2. The van der Waals surface area contributed by atoms with Crippen molar-refractivity contribution in [2.45, 2.75) is 31.3 Å². The van der Waals surface area contributed by atoms with Crippen LogP contribution < -0.4 is 4.72 Å². The zero-order valence-corrected chi connectivity index (χ0v) is 10.9. The van der Waals surface area contributed by atoms with Gasteiger partial charge in [0.25, 0.3) is 0 Å². The highest BCUT2D eigenvalue weighted by Gasteiger charge is 2.15. The van der Waals surface area contributed by atoms with Crippen LogP contribution in [0.15, 0.2) is 23.2 Å². The van der Waals surface area contributed by atoms with Gasteiger partial charge in [-0.05, 0) is 44.9 Å². The number of aromatic nitrogens is 1. The number of carbonyl (C=O) groups is 1. The topological polar surface area (TPSA) is 51.2 Å². The number of amides is 1. The van der Waals surface area contributed by atoms with E-state index in [1.807, 2.05) is 0 Å². The molecule has 0 fully saturated rings. The molecule has 0 saturated heterocycles. The van der Waals surface area contributed by atoms with Crippen molar-refractivity contribution in [1.82, 2.24) is 9.71 Å². The smallest absolute Gasteiger partial charge is 0.418 e. The molecule has 6 heteroatoms. The summed E-state index contributed by atoms with van der Waals surface area (Å²) in [5.41, 5.74) is -0.497. The van der Waals surface area contributed by atoms with Crippen LogP contribution in [0.25, 0.3) is 0 Å². The number of carbonyl (C=O) groups excluding carboxylic acids is 1. The zero-order chi connectivity index (χ0) is 12.2. The number of pyridine rings is 1. The number of halogens is 1. The van der Waals surface area contributed by atoms with Gasteiger partial charge in [0.05, 0.1) is 0 Å². The molecule has 0 unspecified atom stereocenters. The first-order valence-electron chi connectivity index (χ1n) is 4.64. The molecule has 0 bridgehead atoms. The molecule has 0 aromatic carbocycles. The molecule has 1 rings (SSSR count). The predicted octanol–water partition coefficient (Wildman–Crippen LogP) is 3.27. The summed E-state index contributed by atoms with van der Waals surface area (Å²) in [6.45, 7) is 5.42. The third-order valence-corrected chi connectivity index (χ3v) is 2.32. The van der Waals surface area contributed by atoms with Crippen LogP contribution in [0.3, 0.4) is 0 Å². The first kappa shape index (κ1) is 13.1. The molecular weight excluding hydrogens is 248 g/mol. The molecule has 0 atom stereocenters. The Balaban J connectivity index is 2.40. The Morgan fingerprint density at radius 1 is 1.50 bits per heavy atom. The van der Waals surface area contributed by atoms with Crippen LogP contribution in [0.2, 0.25) is 5.15 Å². The third kappa shape index (κ3) is 5.23. The highest BCUT2D eigenvalue weighted by Crippen LogP contribution is 2.16. The van der Waals surface area contributed by atoms with Gasteiger partial charge in [0.15, 0.2) is 0 Å². The number of nitrogens with one attached hydrogen (secondary N) is 1. The van der Waals surface area contributed by atoms with Crippen molar-refractivity contribution in [3.8, 4) is 0 Å². The molecule has 1 amide bonds. The van der Waals surface area contributed by atoms with Gasteiger partial charge >= 0.3 is 6.09 Å². The number of ether oxygens (including phenoxy) is 1. The van der Waals surface area contributed by atoms with Crippen molar-refractivity contribution >= 4 is 29.6 Å². The van der Waals surface area contributed by atoms with Crippen molar-refractivity contribution in [1.29, 1.82) is 0 Å². The van der Waals surface area contributed by atoms with Crippen molar-refractivity contribution < 1.29 is 9.53 Å². The van der Waals surface area contributed by atoms with Gasteiger partial charge in [-0.2, -0.15) is 0 Å². The van der Waals surface area contributed by atoms with E-state index in [1.54, 1.807) is 39.1 Å². The second kappa shape index (κ2) is 5.41. The average molecular weight is 261 g/mol. The Hall–Kier alpha value is -0.940.